The van der Waals surface area contributed by atoms with Crippen LogP contribution in [0.25, 0.3) is 11.4 Å². The lowest BCUT2D eigenvalue weighted by atomic mass is 10.2. The van der Waals surface area contributed by atoms with Crippen LogP contribution in [0.1, 0.15) is 6.92 Å². The minimum absolute atomic E-state index is 0. The van der Waals surface area contributed by atoms with E-state index in [2.05, 4.69) is 31.9 Å². The number of imidazole rings is 1. The lowest BCUT2D eigenvalue weighted by Crippen LogP contribution is -3.00. The average molecular weight is 483 g/mol. The van der Waals surface area contributed by atoms with Gasteiger partial charge in [0.05, 0.1) is 19.2 Å². The summed E-state index contributed by atoms with van der Waals surface area (Å²) in [6.45, 7) is 2.35. The Labute approximate surface area is 151 Å². The van der Waals surface area contributed by atoms with E-state index in [1.54, 1.807) is 6.92 Å². The molecule has 2 aromatic rings. The highest BCUT2D eigenvalue weighted by Gasteiger charge is 2.28. The Bertz CT molecular complexity index is 627. The molecule has 0 aliphatic carbocycles. The molecular weight excluding hydrogens is 468 g/mol. The molecule has 7 heteroatoms. The lowest BCUT2D eigenvalue weighted by molar-refractivity contribution is -0.670. The second-order valence-corrected chi connectivity index (χ2v) is 5.72. The van der Waals surface area contributed by atoms with Crippen LogP contribution in [0.3, 0.4) is 0 Å². The molecule has 1 aromatic heterocycles. The Morgan fingerprint density at radius 1 is 1.29 bits per heavy atom. The molecular formula is C14H15Br3N2O2. The zero-order chi connectivity index (χ0) is 14.7. The summed E-state index contributed by atoms with van der Waals surface area (Å²) < 4.78 is 10.6. The van der Waals surface area contributed by atoms with E-state index in [1.807, 2.05) is 46.5 Å². The first-order valence-electron chi connectivity index (χ1n) is 6.20. The SMILES string of the molecule is CCOC(=O)Cn1c(Br)c(Br)[n+](C)c1-c1ccccc1.[Br-]. The van der Waals surface area contributed by atoms with E-state index in [-0.39, 0.29) is 29.5 Å². The van der Waals surface area contributed by atoms with Gasteiger partial charge in [0.1, 0.15) is 0 Å². The molecule has 0 saturated carbocycles. The number of nitrogens with zero attached hydrogens (tertiary/aromatic N) is 2. The van der Waals surface area contributed by atoms with Crippen molar-refractivity contribution in [3.63, 3.8) is 0 Å². The first kappa shape index (κ1) is 18.4. The van der Waals surface area contributed by atoms with Gasteiger partial charge in [0.2, 0.25) is 9.21 Å². The first-order valence-corrected chi connectivity index (χ1v) is 7.79. The van der Waals surface area contributed by atoms with E-state index < -0.39 is 0 Å². The van der Waals surface area contributed by atoms with E-state index in [0.717, 1.165) is 20.6 Å². The zero-order valence-corrected chi connectivity index (χ0v) is 16.4. The number of ether oxygens (including phenoxy) is 1. The second kappa shape index (κ2) is 8.10. The van der Waals surface area contributed by atoms with Gasteiger partial charge in [-0.3, -0.25) is 0 Å². The van der Waals surface area contributed by atoms with Crippen molar-refractivity contribution < 1.29 is 31.1 Å². The van der Waals surface area contributed by atoms with Crippen LogP contribution in [-0.2, 0) is 23.1 Å². The van der Waals surface area contributed by atoms with Crippen LogP contribution < -0.4 is 21.5 Å². The maximum Gasteiger partial charge on any atom is 0.348 e. The Kier molecular flexibility index (Phi) is 7.09. The highest BCUT2D eigenvalue weighted by atomic mass is 79.9. The molecule has 0 aliphatic heterocycles. The molecule has 0 bridgehead atoms. The summed E-state index contributed by atoms with van der Waals surface area (Å²) in [6.07, 6.45) is 0. The topological polar surface area (TPSA) is 35.1 Å². The molecule has 0 aliphatic rings. The van der Waals surface area contributed by atoms with Crippen molar-refractivity contribution in [2.45, 2.75) is 13.5 Å². The van der Waals surface area contributed by atoms with Gasteiger partial charge >= 0.3 is 5.97 Å². The third-order valence-corrected chi connectivity index (χ3v) is 5.14. The number of rotatable bonds is 4. The Morgan fingerprint density at radius 3 is 2.48 bits per heavy atom. The normalized spacial score (nSPS) is 10.1. The van der Waals surface area contributed by atoms with Crippen molar-refractivity contribution in [2.75, 3.05) is 6.61 Å². The van der Waals surface area contributed by atoms with Gasteiger partial charge in [0.25, 0.3) is 5.82 Å². The van der Waals surface area contributed by atoms with Gasteiger partial charge in [0.15, 0.2) is 6.54 Å². The van der Waals surface area contributed by atoms with Gasteiger partial charge in [-0.1, -0.05) is 18.2 Å². The summed E-state index contributed by atoms with van der Waals surface area (Å²) in [5, 5.41) is 0. The van der Waals surface area contributed by atoms with Crippen molar-refractivity contribution >= 4 is 37.8 Å². The number of carbonyl (C=O) groups is 1. The quantitative estimate of drug-likeness (QED) is 0.457. The Hall–Kier alpha value is -0.660. The number of benzene rings is 1. The first-order chi connectivity index (χ1) is 9.56. The summed E-state index contributed by atoms with van der Waals surface area (Å²) >= 11 is 7.04. The van der Waals surface area contributed by atoms with Crippen molar-refractivity contribution in [3.8, 4) is 11.4 Å². The van der Waals surface area contributed by atoms with Crippen LogP contribution in [0.4, 0.5) is 0 Å². The minimum atomic E-state index is -0.256. The fourth-order valence-electron chi connectivity index (χ4n) is 2.03. The highest BCUT2D eigenvalue weighted by Crippen LogP contribution is 2.27. The number of hydrogen-bond donors (Lipinski definition) is 0. The van der Waals surface area contributed by atoms with Gasteiger partial charge < -0.3 is 21.7 Å². The molecule has 114 valence electrons. The number of halogens is 3. The smallest absolute Gasteiger partial charge is 0.348 e. The summed E-state index contributed by atoms with van der Waals surface area (Å²) in [6, 6.07) is 9.93. The van der Waals surface area contributed by atoms with Gasteiger partial charge in [-0.2, -0.15) is 0 Å². The average Bonchev–Trinajstić information content (AvgIpc) is 2.65. The van der Waals surface area contributed by atoms with Crippen LogP contribution in [-0.4, -0.2) is 17.1 Å². The molecule has 0 fully saturated rings. The van der Waals surface area contributed by atoms with Crippen LogP contribution in [0, 0.1) is 0 Å². The molecule has 0 N–H and O–H groups in total. The molecule has 2 rings (SSSR count). The van der Waals surface area contributed by atoms with Crippen LogP contribution in [0.15, 0.2) is 39.5 Å². The maximum absolute atomic E-state index is 11.8. The predicted molar refractivity (Wildman–Crippen MR) is 83.1 cm³/mol. The van der Waals surface area contributed by atoms with E-state index in [1.165, 1.54) is 0 Å². The minimum Gasteiger partial charge on any atom is -1.00 e. The van der Waals surface area contributed by atoms with Crippen LogP contribution >= 0.6 is 31.9 Å². The van der Waals surface area contributed by atoms with Crippen molar-refractivity contribution in [2.24, 2.45) is 7.05 Å². The number of esters is 1. The summed E-state index contributed by atoms with van der Waals surface area (Å²) in [5.74, 6) is 0.672. The fourth-order valence-corrected chi connectivity index (χ4v) is 2.97. The fraction of sp³-hybridized carbons (Fsp3) is 0.286. The molecule has 1 heterocycles. The molecule has 1 aromatic carbocycles. The molecule has 0 radical (unpaired) electrons. The van der Waals surface area contributed by atoms with Crippen molar-refractivity contribution in [3.05, 3.63) is 39.5 Å². The van der Waals surface area contributed by atoms with Gasteiger partial charge in [-0.05, 0) is 19.1 Å². The lowest BCUT2D eigenvalue weighted by Gasteiger charge is -2.03. The molecule has 21 heavy (non-hydrogen) atoms. The van der Waals surface area contributed by atoms with Crippen molar-refractivity contribution in [1.82, 2.24) is 4.57 Å². The number of hydrogen-bond acceptors (Lipinski definition) is 2. The van der Waals surface area contributed by atoms with E-state index in [0.29, 0.717) is 6.61 Å². The number of carbonyl (C=O) groups excluding carboxylic acids is 1. The van der Waals surface area contributed by atoms with Gasteiger partial charge in [-0.15, -0.1) is 0 Å². The van der Waals surface area contributed by atoms with Crippen LogP contribution in [0.2, 0.25) is 0 Å². The number of aromatic nitrogens is 2. The molecule has 0 saturated heterocycles. The summed E-state index contributed by atoms with van der Waals surface area (Å²) in [4.78, 5) is 11.8. The molecule has 0 unspecified atom stereocenters. The third-order valence-electron chi connectivity index (χ3n) is 2.90. The van der Waals surface area contributed by atoms with E-state index in [4.69, 9.17) is 4.74 Å². The van der Waals surface area contributed by atoms with Crippen LogP contribution in [0.5, 0.6) is 0 Å². The predicted octanol–water partition coefficient (Wildman–Crippen LogP) is 0.0717. The van der Waals surface area contributed by atoms with Gasteiger partial charge in [-0.25, -0.2) is 13.9 Å². The third kappa shape index (κ3) is 3.96. The summed E-state index contributed by atoms with van der Waals surface area (Å²) in [5.41, 5.74) is 1.03. The van der Waals surface area contributed by atoms with Gasteiger partial charge in [0, 0.05) is 31.9 Å². The van der Waals surface area contributed by atoms with E-state index in [9.17, 15) is 4.79 Å². The van der Waals surface area contributed by atoms with E-state index >= 15 is 0 Å². The standard InChI is InChI=1S/C14H15Br2N2O2.BrH/c1-3-20-11(19)9-18-13(16)12(15)17(2)14(18)10-7-5-4-6-8-10;/h4-8H,3,9H2,1-2H3;1H/q+1;/p-1. The summed E-state index contributed by atoms with van der Waals surface area (Å²) in [7, 11) is 1.94. The second-order valence-electron chi connectivity index (χ2n) is 4.22. The zero-order valence-electron chi connectivity index (χ0n) is 11.6. The molecule has 0 atom stereocenters. The highest BCUT2D eigenvalue weighted by molar-refractivity contribution is 9.13. The molecule has 4 nitrogen and oxygen atoms in total. The Morgan fingerprint density at radius 2 is 1.90 bits per heavy atom. The maximum atomic E-state index is 11.8. The molecule has 0 spiro atoms. The Balaban J connectivity index is 0.00000220. The van der Waals surface area contributed by atoms with Crippen molar-refractivity contribution in [1.29, 1.82) is 0 Å². The monoisotopic (exact) mass is 480 g/mol. The largest absolute Gasteiger partial charge is 1.00 e. The molecule has 0 amide bonds.